The summed E-state index contributed by atoms with van der Waals surface area (Å²) in [6.07, 6.45) is 3.34. The first-order valence-electron chi connectivity index (χ1n) is 8.32. The molecule has 6 nitrogen and oxygen atoms in total. The van der Waals surface area contributed by atoms with Crippen LogP contribution in [0.25, 0.3) is 0 Å². The quantitative estimate of drug-likeness (QED) is 0.729. The minimum Gasteiger partial charge on any atom is -0.349 e. The predicted molar refractivity (Wildman–Crippen MR) is 93.2 cm³/mol. The molecule has 0 spiro atoms. The van der Waals surface area contributed by atoms with Crippen LogP contribution >= 0.6 is 11.8 Å². The fraction of sp³-hybridized carbons (Fsp3) is 0.688. The first kappa shape index (κ1) is 18.0. The Labute approximate surface area is 141 Å². The number of nitrogens with zero attached hydrogens (tertiary/aromatic N) is 3. The summed E-state index contributed by atoms with van der Waals surface area (Å²) >= 11 is 1.55. The number of thioether (sulfide) groups is 1. The van der Waals surface area contributed by atoms with E-state index < -0.39 is 0 Å². The lowest BCUT2D eigenvalue weighted by atomic mass is 10.1. The minimum absolute atomic E-state index is 0.0464. The van der Waals surface area contributed by atoms with Gasteiger partial charge in [0.2, 0.25) is 0 Å². The summed E-state index contributed by atoms with van der Waals surface area (Å²) in [6, 6.07) is 0.0464. The molecule has 128 valence electrons. The summed E-state index contributed by atoms with van der Waals surface area (Å²) in [6.45, 7) is 10.1. The van der Waals surface area contributed by atoms with E-state index in [1.807, 2.05) is 6.92 Å². The van der Waals surface area contributed by atoms with Crippen molar-refractivity contribution in [2.24, 2.45) is 0 Å². The Kier molecular flexibility index (Phi) is 6.65. The van der Waals surface area contributed by atoms with Gasteiger partial charge in [0.1, 0.15) is 5.56 Å². The van der Waals surface area contributed by atoms with Gasteiger partial charge in [0.25, 0.3) is 11.5 Å². The van der Waals surface area contributed by atoms with E-state index in [0.717, 1.165) is 38.2 Å². The number of hydrogen-bond acceptors (Lipinski definition) is 5. The molecule has 1 amide bonds. The van der Waals surface area contributed by atoms with E-state index >= 15 is 0 Å². The molecule has 1 aromatic rings. The Morgan fingerprint density at radius 2 is 2.22 bits per heavy atom. The van der Waals surface area contributed by atoms with Crippen molar-refractivity contribution >= 4 is 17.7 Å². The molecular formula is C16H26N4O2S. The summed E-state index contributed by atoms with van der Waals surface area (Å²) in [7, 11) is 0. The van der Waals surface area contributed by atoms with Crippen LogP contribution in [-0.2, 0) is 6.54 Å². The van der Waals surface area contributed by atoms with Gasteiger partial charge in [-0.2, -0.15) is 0 Å². The van der Waals surface area contributed by atoms with Gasteiger partial charge in [0, 0.05) is 24.5 Å². The maximum absolute atomic E-state index is 12.3. The molecule has 0 radical (unpaired) electrons. The van der Waals surface area contributed by atoms with Crippen LogP contribution in [0.4, 0.5) is 0 Å². The van der Waals surface area contributed by atoms with Crippen molar-refractivity contribution in [3.05, 3.63) is 22.1 Å². The number of carbonyl (C=O) groups excluding carboxylic acids is 1. The molecule has 0 bridgehead atoms. The van der Waals surface area contributed by atoms with Crippen molar-refractivity contribution in [2.75, 3.05) is 25.4 Å². The smallest absolute Gasteiger partial charge is 0.267 e. The second-order valence-corrected chi connectivity index (χ2v) is 6.87. The molecule has 1 N–H and O–H groups in total. The number of fused-ring (bicyclic) bond motifs is 1. The van der Waals surface area contributed by atoms with Crippen molar-refractivity contribution in [3.63, 3.8) is 0 Å². The van der Waals surface area contributed by atoms with Crippen LogP contribution in [0.3, 0.4) is 0 Å². The molecule has 7 heteroatoms. The highest BCUT2D eigenvalue weighted by atomic mass is 32.2. The van der Waals surface area contributed by atoms with Crippen molar-refractivity contribution in [1.29, 1.82) is 0 Å². The molecule has 23 heavy (non-hydrogen) atoms. The fourth-order valence-corrected chi connectivity index (χ4v) is 3.62. The van der Waals surface area contributed by atoms with E-state index in [0.29, 0.717) is 11.7 Å². The topological polar surface area (TPSA) is 67.2 Å². The molecule has 1 aromatic heterocycles. The van der Waals surface area contributed by atoms with Gasteiger partial charge in [-0.05, 0) is 39.4 Å². The second kappa shape index (κ2) is 8.49. The van der Waals surface area contributed by atoms with Gasteiger partial charge in [-0.15, -0.1) is 0 Å². The molecule has 2 rings (SSSR count). The zero-order valence-electron chi connectivity index (χ0n) is 14.2. The SMILES string of the molecule is CCN(CC)CCC[C@@H](C)NC(=O)c1cnc2n(c1=O)CCS2. The zero-order valence-corrected chi connectivity index (χ0v) is 15.0. The molecule has 1 aliphatic heterocycles. The molecule has 0 saturated heterocycles. The molecule has 1 atom stereocenters. The Morgan fingerprint density at radius 1 is 1.48 bits per heavy atom. The molecule has 0 saturated carbocycles. The number of hydrogen-bond donors (Lipinski definition) is 1. The van der Waals surface area contributed by atoms with Crippen molar-refractivity contribution in [1.82, 2.24) is 19.8 Å². The van der Waals surface area contributed by atoms with E-state index in [2.05, 4.69) is 29.0 Å². The Bertz CT molecular complexity index is 598. The van der Waals surface area contributed by atoms with Crippen LogP contribution in [0.5, 0.6) is 0 Å². The Hall–Kier alpha value is -1.34. The predicted octanol–water partition coefficient (Wildman–Crippen LogP) is 1.59. The summed E-state index contributed by atoms with van der Waals surface area (Å²) < 4.78 is 1.59. The molecular weight excluding hydrogens is 312 g/mol. The number of amides is 1. The van der Waals surface area contributed by atoms with Crippen LogP contribution in [0.2, 0.25) is 0 Å². The summed E-state index contributed by atoms with van der Waals surface area (Å²) in [4.78, 5) is 31.2. The largest absolute Gasteiger partial charge is 0.349 e. The summed E-state index contributed by atoms with van der Waals surface area (Å²) in [5.41, 5.74) is -0.0836. The van der Waals surface area contributed by atoms with Gasteiger partial charge in [-0.25, -0.2) is 4.98 Å². The second-order valence-electron chi connectivity index (χ2n) is 5.80. The number of nitrogens with one attached hydrogen (secondary N) is 1. The summed E-state index contributed by atoms with van der Waals surface area (Å²) in [5.74, 6) is 0.528. The van der Waals surface area contributed by atoms with Crippen LogP contribution in [0.1, 0.15) is 44.0 Å². The third-order valence-corrected chi connectivity index (χ3v) is 5.16. The van der Waals surface area contributed by atoms with E-state index in [9.17, 15) is 9.59 Å². The highest BCUT2D eigenvalue weighted by Gasteiger charge is 2.20. The number of aromatic nitrogens is 2. The van der Waals surface area contributed by atoms with Gasteiger partial charge in [0.15, 0.2) is 5.16 Å². The Morgan fingerprint density at radius 3 is 2.91 bits per heavy atom. The number of rotatable bonds is 8. The molecule has 2 heterocycles. The van der Waals surface area contributed by atoms with Crippen molar-refractivity contribution in [3.8, 4) is 0 Å². The first-order valence-corrected chi connectivity index (χ1v) is 9.31. The summed E-state index contributed by atoms with van der Waals surface area (Å²) in [5, 5.41) is 3.63. The fourth-order valence-electron chi connectivity index (χ4n) is 2.71. The third-order valence-electron chi connectivity index (χ3n) is 4.18. The van der Waals surface area contributed by atoms with Gasteiger partial charge in [-0.3, -0.25) is 14.2 Å². The molecule has 0 fully saturated rings. The van der Waals surface area contributed by atoms with E-state index in [1.165, 1.54) is 6.20 Å². The van der Waals surface area contributed by atoms with Crippen LogP contribution in [0.15, 0.2) is 16.1 Å². The lowest BCUT2D eigenvalue weighted by Crippen LogP contribution is -2.38. The van der Waals surface area contributed by atoms with Gasteiger partial charge in [-0.1, -0.05) is 25.6 Å². The molecule has 0 aliphatic carbocycles. The molecule has 0 unspecified atom stereocenters. The van der Waals surface area contributed by atoms with E-state index in [-0.39, 0.29) is 23.1 Å². The van der Waals surface area contributed by atoms with E-state index in [1.54, 1.807) is 16.3 Å². The average Bonchev–Trinajstić information content (AvgIpc) is 3.01. The maximum Gasteiger partial charge on any atom is 0.267 e. The zero-order chi connectivity index (χ0) is 16.8. The standard InChI is InChI=1S/C16H26N4O2S/c1-4-19(5-2)8-6-7-12(3)18-14(21)13-11-17-16-20(15(13)22)9-10-23-16/h11-12H,4-10H2,1-3H3,(H,18,21)/t12-/m1/s1. The highest BCUT2D eigenvalue weighted by Crippen LogP contribution is 2.20. The first-order chi connectivity index (χ1) is 11.1. The Balaban J connectivity index is 1.88. The highest BCUT2D eigenvalue weighted by molar-refractivity contribution is 7.99. The van der Waals surface area contributed by atoms with E-state index in [4.69, 9.17) is 0 Å². The monoisotopic (exact) mass is 338 g/mol. The van der Waals surface area contributed by atoms with Crippen molar-refractivity contribution < 1.29 is 4.79 Å². The minimum atomic E-state index is -0.315. The third kappa shape index (κ3) is 4.57. The normalized spacial score (nSPS) is 14.8. The molecule has 1 aliphatic rings. The lowest BCUT2D eigenvalue weighted by molar-refractivity contribution is 0.0934. The van der Waals surface area contributed by atoms with Gasteiger partial charge < -0.3 is 10.2 Å². The average molecular weight is 338 g/mol. The van der Waals surface area contributed by atoms with Crippen LogP contribution in [-0.4, -0.2) is 51.8 Å². The van der Waals surface area contributed by atoms with Crippen molar-refractivity contribution in [2.45, 2.75) is 51.4 Å². The maximum atomic E-state index is 12.3. The number of carbonyl (C=O) groups is 1. The molecule has 0 aromatic carbocycles. The van der Waals surface area contributed by atoms with Crippen LogP contribution < -0.4 is 10.9 Å². The lowest BCUT2D eigenvalue weighted by Gasteiger charge is -2.19. The van der Waals surface area contributed by atoms with Crippen LogP contribution in [0, 0.1) is 0 Å². The van der Waals surface area contributed by atoms with Gasteiger partial charge >= 0.3 is 0 Å². The van der Waals surface area contributed by atoms with Gasteiger partial charge in [0.05, 0.1) is 0 Å².